The van der Waals surface area contributed by atoms with Crippen molar-refractivity contribution in [2.75, 3.05) is 0 Å². The van der Waals surface area contributed by atoms with Crippen molar-refractivity contribution >= 4 is 11.6 Å². The molecule has 1 aromatic carbocycles. The van der Waals surface area contributed by atoms with Gasteiger partial charge in [0.1, 0.15) is 6.61 Å². The average molecular weight is 255 g/mol. The van der Waals surface area contributed by atoms with Gasteiger partial charge in [-0.1, -0.05) is 28.9 Å². The van der Waals surface area contributed by atoms with Gasteiger partial charge in [-0.2, -0.15) is 4.98 Å². The van der Waals surface area contributed by atoms with Crippen molar-refractivity contribution in [1.29, 1.82) is 0 Å². The molecule has 0 aliphatic heterocycles. The van der Waals surface area contributed by atoms with Gasteiger partial charge in [0.2, 0.25) is 0 Å². The van der Waals surface area contributed by atoms with E-state index >= 15 is 0 Å². The fourth-order valence-electron chi connectivity index (χ4n) is 1.41. The number of aromatic nitrogens is 2. The van der Waals surface area contributed by atoms with Gasteiger partial charge >= 0.3 is 0 Å². The Bertz CT molecular complexity index is 484. The van der Waals surface area contributed by atoms with Crippen LogP contribution in [0.25, 0.3) is 0 Å². The smallest absolute Gasteiger partial charge is 0.252 e. The Morgan fingerprint density at radius 2 is 2.00 bits per heavy atom. The number of aliphatic hydroxyl groups is 2. The first-order chi connectivity index (χ1) is 8.19. The molecule has 1 heterocycles. The molecule has 2 N–H and O–H groups in total. The summed E-state index contributed by atoms with van der Waals surface area (Å²) in [6.45, 7) is -0.302. The molecule has 0 saturated carbocycles. The van der Waals surface area contributed by atoms with Crippen molar-refractivity contribution in [2.24, 2.45) is 0 Å². The minimum absolute atomic E-state index is 0.142. The van der Waals surface area contributed by atoms with Crippen LogP contribution in [0, 0.1) is 0 Å². The summed E-state index contributed by atoms with van der Waals surface area (Å²) in [4.78, 5) is 3.90. The van der Waals surface area contributed by atoms with Crippen LogP contribution < -0.4 is 0 Å². The topological polar surface area (TPSA) is 79.4 Å². The number of hydrogen-bond donors (Lipinski definition) is 2. The molecule has 0 bridgehead atoms. The van der Waals surface area contributed by atoms with Crippen molar-refractivity contribution in [3.05, 3.63) is 46.6 Å². The number of rotatable bonds is 4. The Labute approximate surface area is 103 Å². The van der Waals surface area contributed by atoms with E-state index in [0.29, 0.717) is 10.8 Å². The molecule has 5 nitrogen and oxygen atoms in total. The summed E-state index contributed by atoms with van der Waals surface area (Å²) in [5.41, 5.74) is 0.727. The average Bonchev–Trinajstić information content (AvgIpc) is 2.77. The lowest BCUT2D eigenvalue weighted by Crippen LogP contribution is -2.03. The predicted octanol–water partition coefficient (Wildman–Crippen LogP) is 1.49. The van der Waals surface area contributed by atoms with Crippen molar-refractivity contribution in [3.8, 4) is 0 Å². The molecular formula is C11H11ClN2O3. The second-order valence-electron chi connectivity index (χ2n) is 3.53. The molecule has 6 heteroatoms. The Morgan fingerprint density at radius 1 is 1.29 bits per heavy atom. The third kappa shape index (κ3) is 3.03. The highest BCUT2D eigenvalue weighted by atomic mass is 35.5. The summed E-state index contributed by atoms with van der Waals surface area (Å²) in [6.07, 6.45) is -0.498. The Kier molecular flexibility index (Phi) is 3.73. The number of aliphatic hydroxyl groups excluding tert-OH is 2. The van der Waals surface area contributed by atoms with Crippen molar-refractivity contribution in [2.45, 2.75) is 19.1 Å². The normalized spacial score (nSPS) is 12.6. The molecule has 17 heavy (non-hydrogen) atoms. The maximum Gasteiger partial charge on any atom is 0.252 e. The second kappa shape index (κ2) is 5.27. The lowest BCUT2D eigenvalue weighted by Gasteiger charge is -2.07. The van der Waals surface area contributed by atoms with Crippen LogP contribution in [0.3, 0.4) is 0 Å². The first-order valence-corrected chi connectivity index (χ1v) is 5.42. The fourth-order valence-corrected chi connectivity index (χ4v) is 1.54. The summed E-state index contributed by atoms with van der Waals surface area (Å²) in [7, 11) is 0. The van der Waals surface area contributed by atoms with Crippen LogP contribution in [0.15, 0.2) is 28.8 Å². The summed E-state index contributed by atoms with van der Waals surface area (Å²) < 4.78 is 4.73. The second-order valence-corrected chi connectivity index (χ2v) is 3.97. The van der Waals surface area contributed by atoms with E-state index in [1.165, 1.54) is 0 Å². The van der Waals surface area contributed by atoms with Gasteiger partial charge in [-0.05, 0) is 17.7 Å². The van der Waals surface area contributed by atoms with Gasteiger partial charge in [0.05, 0.1) is 6.10 Å². The zero-order valence-electron chi connectivity index (χ0n) is 8.88. The summed E-state index contributed by atoms with van der Waals surface area (Å²) in [5, 5.41) is 22.9. The van der Waals surface area contributed by atoms with Crippen LogP contribution >= 0.6 is 11.6 Å². The summed E-state index contributed by atoms with van der Waals surface area (Å²) in [5.74, 6) is 0.500. The highest BCUT2D eigenvalue weighted by Gasteiger charge is 2.13. The lowest BCUT2D eigenvalue weighted by atomic mass is 10.1. The van der Waals surface area contributed by atoms with Gasteiger partial charge in [-0.15, -0.1) is 0 Å². The molecule has 2 aromatic rings. The lowest BCUT2D eigenvalue weighted by molar-refractivity contribution is 0.174. The highest BCUT2D eigenvalue weighted by Crippen LogP contribution is 2.19. The minimum atomic E-state index is -0.726. The van der Waals surface area contributed by atoms with Gasteiger partial charge in [-0.25, -0.2) is 0 Å². The van der Waals surface area contributed by atoms with E-state index in [0.717, 1.165) is 5.56 Å². The number of hydrogen-bond acceptors (Lipinski definition) is 5. The van der Waals surface area contributed by atoms with Crippen LogP contribution in [-0.4, -0.2) is 20.4 Å². The van der Waals surface area contributed by atoms with E-state index in [2.05, 4.69) is 10.1 Å². The van der Waals surface area contributed by atoms with Crippen LogP contribution in [0.1, 0.15) is 23.4 Å². The van der Waals surface area contributed by atoms with Crippen LogP contribution in [0.2, 0.25) is 5.02 Å². The zero-order chi connectivity index (χ0) is 12.3. The standard InChI is InChI=1S/C11H11ClN2O3/c12-8-3-1-7(2-4-8)9(16)5-10-13-11(6-15)17-14-10/h1-4,9,15-16H,5-6H2. The third-order valence-electron chi connectivity index (χ3n) is 2.28. The largest absolute Gasteiger partial charge is 0.388 e. The third-order valence-corrected chi connectivity index (χ3v) is 2.53. The van der Waals surface area contributed by atoms with E-state index in [1.54, 1.807) is 24.3 Å². The van der Waals surface area contributed by atoms with Crippen molar-refractivity contribution < 1.29 is 14.7 Å². The quantitative estimate of drug-likeness (QED) is 0.864. The molecular weight excluding hydrogens is 244 g/mol. The van der Waals surface area contributed by atoms with E-state index < -0.39 is 6.10 Å². The van der Waals surface area contributed by atoms with E-state index in [1.807, 2.05) is 0 Å². The highest BCUT2D eigenvalue weighted by molar-refractivity contribution is 6.30. The molecule has 0 fully saturated rings. The fraction of sp³-hybridized carbons (Fsp3) is 0.273. The Balaban J connectivity index is 2.05. The molecule has 0 radical (unpaired) electrons. The maximum absolute atomic E-state index is 9.92. The number of nitrogens with zero attached hydrogens (tertiary/aromatic N) is 2. The zero-order valence-corrected chi connectivity index (χ0v) is 9.63. The molecule has 0 spiro atoms. The first-order valence-electron chi connectivity index (χ1n) is 5.05. The molecule has 0 aliphatic rings. The Morgan fingerprint density at radius 3 is 2.59 bits per heavy atom. The maximum atomic E-state index is 9.92. The van der Waals surface area contributed by atoms with Crippen LogP contribution in [0.5, 0.6) is 0 Å². The molecule has 1 atom stereocenters. The van der Waals surface area contributed by atoms with Gasteiger partial charge in [-0.3, -0.25) is 0 Å². The van der Waals surface area contributed by atoms with Crippen LogP contribution in [0.4, 0.5) is 0 Å². The summed E-state index contributed by atoms with van der Waals surface area (Å²) >= 11 is 5.75. The molecule has 1 unspecified atom stereocenters. The monoisotopic (exact) mass is 254 g/mol. The van der Waals surface area contributed by atoms with Crippen molar-refractivity contribution in [1.82, 2.24) is 10.1 Å². The van der Waals surface area contributed by atoms with E-state index in [-0.39, 0.29) is 18.9 Å². The number of halogens is 1. The van der Waals surface area contributed by atoms with E-state index in [4.69, 9.17) is 21.2 Å². The molecule has 0 aliphatic carbocycles. The van der Waals surface area contributed by atoms with Gasteiger partial charge in [0.15, 0.2) is 5.82 Å². The van der Waals surface area contributed by atoms with Crippen LogP contribution in [-0.2, 0) is 13.0 Å². The number of benzene rings is 1. The SMILES string of the molecule is OCc1nc(CC(O)c2ccc(Cl)cc2)no1. The predicted molar refractivity (Wildman–Crippen MR) is 60.3 cm³/mol. The molecule has 0 saturated heterocycles. The minimum Gasteiger partial charge on any atom is -0.388 e. The molecule has 2 rings (SSSR count). The van der Waals surface area contributed by atoms with Gasteiger partial charge < -0.3 is 14.7 Å². The first kappa shape index (κ1) is 12.0. The summed E-state index contributed by atoms with van der Waals surface area (Å²) in [6, 6.07) is 6.88. The Hall–Kier alpha value is -1.43. The molecule has 0 amide bonds. The molecule has 1 aromatic heterocycles. The van der Waals surface area contributed by atoms with Gasteiger partial charge in [0.25, 0.3) is 5.89 Å². The molecule has 90 valence electrons. The van der Waals surface area contributed by atoms with E-state index in [9.17, 15) is 5.11 Å². The van der Waals surface area contributed by atoms with Crippen molar-refractivity contribution in [3.63, 3.8) is 0 Å². The van der Waals surface area contributed by atoms with Gasteiger partial charge in [0, 0.05) is 11.4 Å².